The summed E-state index contributed by atoms with van der Waals surface area (Å²) in [6, 6.07) is 9.85. The molecule has 0 heterocycles. The van der Waals surface area contributed by atoms with Crippen molar-refractivity contribution in [2.75, 3.05) is 5.32 Å². The number of nitro benzene ring substituents is 1. The molecule has 7 heteroatoms. The van der Waals surface area contributed by atoms with Crippen LogP contribution in [-0.4, -0.2) is 10.8 Å². The number of hydrogen-bond acceptors (Lipinski definition) is 3. The molecule has 0 atom stereocenters. The quantitative estimate of drug-likeness (QED) is 0.515. The van der Waals surface area contributed by atoms with E-state index in [1.54, 1.807) is 24.3 Å². The summed E-state index contributed by atoms with van der Waals surface area (Å²) >= 11 is 3.30. The first-order valence-electron chi connectivity index (χ1n) is 5.91. The SMILES string of the molecule is O=C(Nc1ccc([N+](=O)[O-])cc1F)c1ccc(CBr)cc1. The van der Waals surface area contributed by atoms with Gasteiger partial charge >= 0.3 is 0 Å². The Bertz CT molecular complexity index is 689. The second-order valence-corrected chi connectivity index (χ2v) is 4.77. The van der Waals surface area contributed by atoms with Crippen LogP contribution in [0.25, 0.3) is 0 Å². The predicted octanol–water partition coefficient (Wildman–Crippen LogP) is 3.88. The van der Waals surface area contributed by atoms with Gasteiger partial charge in [-0.1, -0.05) is 28.1 Å². The second kappa shape index (κ2) is 6.45. The maximum Gasteiger partial charge on any atom is 0.272 e. The van der Waals surface area contributed by atoms with Crippen LogP contribution in [0, 0.1) is 15.9 Å². The Morgan fingerprint density at radius 3 is 2.43 bits per heavy atom. The van der Waals surface area contributed by atoms with E-state index in [4.69, 9.17) is 0 Å². The molecule has 0 bridgehead atoms. The number of amides is 1. The van der Waals surface area contributed by atoms with Gasteiger partial charge in [-0.3, -0.25) is 14.9 Å². The molecule has 1 N–H and O–H groups in total. The molecule has 0 aliphatic heterocycles. The zero-order chi connectivity index (χ0) is 15.4. The normalized spacial score (nSPS) is 10.2. The van der Waals surface area contributed by atoms with E-state index in [9.17, 15) is 19.3 Å². The van der Waals surface area contributed by atoms with Gasteiger partial charge in [0.2, 0.25) is 0 Å². The summed E-state index contributed by atoms with van der Waals surface area (Å²) in [5.74, 6) is -1.33. The van der Waals surface area contributed by atoms with E-state index in [2.05, 4.69) is 21.2 Å². The van der Waals surface area contributed by atoms with E-state index >= 15 is 0 Å². The zero-order valence-electron chi connectivity index (χ0n) is 10.7. The molecule has 0 spiro atoms. The lowest BCUT2D eigenvalue weighted by atomic mass is 10.1. The monoisotopic (exact) mass is 352 g/mol. The third-order valence-corrected chi connectivity index (χ3v) is 3.43. The number of hydrogen-bond donors (Lipinski definition) is 1. The van der Waals surface area contributed by atoms with Crippen LogP contribution in [0.5, 0.6) is 0 Å². The summed E-state index contributed by atoms with van der Waals surface area (Å²) < 4.78 is 13.7. The Balaban J connectivity index is 2.17. The van der Waals surface area contributed by atoms with Crippen LogP contribution in [0.2, 0.25) is 0 Å². The molecule has 2 aromatic carbocycles. The van der Waals surface area contributed by atoms with Crippen LogP contribution in [0.4, 0.5) is 15.8 Å². The number of anilines is 1. The lowest BCUT2D eigenvalue weighted by Gasteiger charge is -2.06. The van der Waals surface area contributed by atoms with Gasteiger partial charge in [0.15, 0.2) is 5.82 Å². The Kier molecular flexibility index (Phi) is 4.64. The molecule has 2 rings (SSSR count). The highest BCUT2D eigenvalue weighted by molar-refractivity contribution is 9.08. The minimum absolute atomic E-state index is 0.102. The van der Waals surface area contributed by atoms with Gasteiger partial charge in [0, 0.05) is 17.0 Å². The van der Waals surface area contributed by atoms with Gasteiger partial charge in [-0.2, -0.15) is 0 Å². The van der Waals surface area contributed by atoms with Crippen LogP contribution in [-0.2, 0) is 5.33 Å². The Labute approximate surface area is 128 Å². The first kappa shape index (κ1) is 15.1. The fraction of sp³-hybridized carbons (Fsp3) is 0.0714. The molecule has 0 unspecified atom stereocenters. The molecule has 0 aliphatic carbocycles. The first-order chi connectivity index (χ1) is 10.0. The number of halogens is 2. The van der Waals surface area contributed by atoms with E-state index in [0.717, 1.165) is 23.8 Å². The van der Waals surface area contributed by atoms with Crippen molar-refractivity contribution in [2.24, 2.45) is 0 Å². The van der Waals surface area contributed by atoms with Gasteiger partial charge in [-0.25, -0.2) is 4.39 Å². The number of carbonyl (C=O) groups excluding carboxylic acids is 1. The largest absolute Gasteiger partial charge is 0.319 e. The third-order valence-electron chi connectivity index (χ3n) is 2.78. The number of rotatable bonds is 4. The number of benzene rings is 2. The predicted molar refractivity (Wildman–Crippen MR) is 80.1 cm³/mol. The van der Waals surface area contributed by atoms with Gasteiger partial charge in [0.1, 0.15) is 0 Å². The molecule has 2 aromatic rings. The summed E-state index contributed by atoms with van der Waals surface area (Å²) in [5.41, 5.74) is 0.910. The zero-order valence-corrected chi connectivity index (χ0v) is 12.3. The van der Waals surface area contributed by atoms with Gasteiger partial charge in [0.05, 0.1) is 16.7 Å². The third kappa shape index (κ3) is 3.63. The van der Waals surface area contributed by atoms with Gasteiger partial charge in [0.25, 0.3) is 11.6 Å². The lowest BCUT2D eigenvalue weighted by Crippen LogP contribution is -2.13. The molecule has 21 heavy (non-hydrogen) atoms. The Morgan fingerprint density at radius 1 is 1.24 bits per heavy atom. The molecule has 0 saturated heterocycles. The fourth-order valence-electron chi connectivity index (χ4n) is 1.66. The Morgan fingerprint density at radius 2 is 1.90 bits per heavy atom. The van der Waals surface area contributed by atoms with E-state index in [0.29, 0.717) is 10.9 Å². The van der Waals surface area contributed by atoms with E-state index in [1.165, 1.54) is 0 Å². The van der Waals surface area contributed by atoms with Crippen molar-refractivity contribution in [2.45, 2.75) is 5.33 Å². The number of alkyl halides is 1. The smallest absolute Gasteiger partial charge is 0.272 e. The van der Waals surface area contributed by atoms with Crippen LogP contribution in [0.15, 0.2) is 42.5 Å². The summed E-state index contributed by atoms with van der Waals surface area (Å²) in [7, 11) is 0. The minimum atomic E-state index is -0.852. The van der Waals surface area contributed by atoms with Crippen molar-refractivity contribution in [3.05, 3.63) is 69.5 Å². The maximum atomic E-state index is 13.7. The summed E-state index contributed by atoms with van der Waals surface area (Å²) in [4.78, 5) is 21.8. The van der Waals surface area contributed by atoms with Crippen molar-refractivity contribution >= 4 is 33.2 Å². The number of nitro groups is 1. The van der Waals surface area contributed by atoms with Crippen molar-refractivity contribution in [3.63, 3.8) is 0 Å². The van der Waals surface area contributed by atoms with Crippen LogP contribution >= 0.6 is 15.9 Å². The molecule has 0 aliphatic rings. The highest BCUT2D eigenvalue weighted by Gasteiger charge is 2.13. The minimum Gasteiger partial charge on any atom is -0.319 e. The summed E-state index contributed by atoms with van der Waals surface area (Å²) in [6.45, 7) is 0. The standard InChI is InChI=1S/C14H10BrFN2O3/c15-8-9-1-3-10(4-2-9)14(19)17-13-6-5-11(18(20)21)7-12(13)16/h1-7H,8H2,(H,17,19). The average molecular weight is 353 g/mol. The molecular formula is C14H10BrFN2O3. The topological polar surface area (TPSA) is 72.2 Å². The fourth-order valence-corrected chi connectivity index (χ4v) is 2.03. The number of nitrogens with one attached hydrogen (secondary N) is 1. The molecule has 5 nitrogen and oxygen atoms in total. The molecule has 1 amide bonds. The molecule has 0 radical (unpaired) electrons. The van der Waals surface area contributed by atoms with E-state index in [-0.39, 0.29) is 11.4 Å². The number of non-ortho nitro benzene ring substituents is 1. The first-order valence-corrected chi connectivity index (χ1v) is 7.03. The van der Waals surface area contributed by atoms with Crippen LogP contribution < -0.4 is 5.32 Å². The maximum absolute atomic E-state index is 13.7. The van der Waals surface area contributed by atoms with Crippen molar-refractivity contribution in [3.8, 4) is 0 Å². The van der Waals surface area contributed by atoms with Crippen LogP contribution in [0.3, 0.4) is 0 Å². The highest BCUT2D eigenvalue weighted by Crippen LogP contribution is 2.21. The number of carbonyl (C=O) groups is 1. The van der Waals surface area contributed by atoms with Crippen molar-refractivity contribution in [1.82, 2.24) is 0 Å². The average Bonchev–Trinajstić information content (AvgIpc) is 2.49. The van der Waals surface area contributed by atoms with Crippen molar-refractivity contribution in [1.29, 1.82) is 0 Å². The summed E-state index contributed by atoms with van der Waals surface area (Å²) in [5, 5.41) is 13.6. The Hall–Kier alpha value is -2.28. The molecule has 0 aromatic heterocycles. The lowest BCUT2D eigenvalue weighted by molar-refractivity contribution is -0.385. The van der Waals surface area contributed by atoms with Crippen molar-refractivity contribution < 1.29 is 14.1 Å². The molecule has 0 saturated carbocycles. The van der Waals surface area contributed by atoms with E-state index < -0.39 is 16.6 Å². The van der Waals surface area contributed by atoms with E-state index in [1.807, 2.05) is 0 Å². The summed E-state index contributed by atoms with van der Waals surface area (Å²) in [6.07, 6.45) is 0. The second-order valence-electron chi connectivity index (χ2n) is 4.21. The van der Waals surface area contributed by atoms with Crippen LogP contribution in [0.1, 0.15) is 15.9 Å². The highest BCUT2D eigenvalue weighted by atomic mass is 79.9. The molecule has 108 valence electrons. The molecular weight excluding hydrogens is 343 g/mol. The van der Waals surface area contributed by atoms with Gasteiger partial charge in [-0.15, -0.1) is 0 Å². The van der Waals surface area contributed by atoms with Gasteiger partial charge < -0.3 is 5.32 Å². The number of nitrogens with zero attached hydrogens (tertiary/aromatic N) is 1. The molecule has 0 fully saturated rings. The van der Waals surface area contributed by atoms with Gasteiger partial charge in [-0.05, 0) is 23.8 Å².